The van der Waals surface area contributed by atoms with Crippen LogP contribution in [0.3, 0.4) is 0 Å². The maximum atomic E-state index is 5.81. The van der Waals surface area contributed by atoms with Crippen molar-refractivity contribution in [2.24, 2.45) is 0 Å². The Morgan fingerprint density at radius 2 is 2.06 bits per heavy atom. The Kier molecular flexibility index (Phi) is 3.12. The van der Waals surface area contributed by atoms with E-state index in [1.165, 1.54) is 6.20 Å². The van der Waals surface area contributed by atoms with E-state index >= 15 is 0 Å². The van der Waals surface area contributed by atoms with Gasteiger partial charge in [-0.3, -0.25) is 0 Å². The van der Waals surface area contributed by atoms with Crippen LogP contribution in [-0.4, -0.2) is 9.97 Å². The average molecular weight is 256 g/mol. The molecule has 0 bridgehead atoms. The van der Waals surface area contributed by atoms with Crippen LogP contribution in [0.1, 0.15) is 0 Å². The second-order valence-corrected chi connectivity index (χ2v) is 3.73. The normalized spacial score (nSPS) is 10.1. The first-order chi connectivity index (χ1) is 7.65. The quantitative estimate of drug-likeness (QED) is 0.838. The molecule has 0 saturated carbocycles. The lowest BCUT2D eigenvalue weighted by Crippen LogP contribution is -1.96. The van der Waals surface area contributed by atoms with Crippen LogP contribution < -0.4 is 10.5 Å². The van der Waals surface area contributed by atoms with Crippen molar-refractivity contribution in [3.8, 4) is 11.6 Å². The summed E-state index contributed by atoms with van der Waals surface area (Å²) in [6, 6.07) is 6.89. The van der Waals surface area contributed by atoms with Gasteiger partial charge in [-0.25, -0.2) is 4.98 Å². The van der Waals surface area contributed by atoms with Gasteiger partial charge in [0.2, 0.25) is 11.2 Å². The van der Waals surface area contributed by atoms with E-state index in [9.17, 15) is 0 Å². The standard InChI is InChI=1S/C10H7Cl2N3O/c11-6-2-1-3-7(4-6)16-9-8(13)5-14-10(12)15-9/h1-5H,13H2. The van der Waals surface area contributed by atoms with E-state index < -0.39 is 0 Å². The van der Waals surface area contributed by atoms with Crippen LogP contribution in [-0.2, 0) is 0 Å². The van der Waals surface area contributed by atoms with Gasteiger partial charge in [0.15, 0.2) is 0 Å². The topological polar surface area (TPSA) is 61.0 Å². The van der Waals surface area contributed by atoms with Crippen molar-refractivity contribution in [1.82, 2.24) is 9.97 Å². The first kappa shape index (κ1) is 11.0. The summed E-state index contributed by atoms with van der Waals surface area (Å²) >= 11 is 11.4. The minimum atomic E-state index is 0.0752. The lowest BCUT2D eigenvalue weighted by atomic mass is 10.3. The number of nitrogen functional groups attached to an aromatic ring is 1. The highest BCUT2D eigenvalue weighted by atomic mass is 35.5. The summed E-state index contributed by atoms with van der Waals surface area (Å²) < 4.78 is 5.43. The summed E-state index contributed by atoms with van der Waals surface area (Å²) in [5.74, 6) is 0.747. The van der Waals surface area contributed by atoms with E-state index in [0.717, 1.165) is 0 Å². The molecule has 0 spiro atoms. The number of ether oxygens (including phenoxy) is 1. The largest absolute Gasteiger partial charge is 0.437 e. The van der Waals surface area contributed by atoms with Gasteiger partial charge in [-0.1, -0.05) is 17.7 Å². The zero-order valence-electron chi connectivity index (χ0n) is 8.02. The molecule has 4 nitrogen and oxygen atoms in total. The second-order valence-electron chi connectivity index (χ2n) is 2.96. The SMILES string of the molecule is Nc1cnc(Cl)nc1Oc1cccc(Cl)c1. The molecule has 0 fully saturated rings. The van der Waals surface area contributed by atoms with Crippen LogP contribution >= 0.6 is 23.2 Å². The van der Waals surface area contributed by atoms with Crippen molar-refractivity contribution in [2.75, 3.05) is 5.73 Å². The molecule has 1 aromatic carbocycles. The molecule has 0 atom stereocenters. The Morgan fingerprint density at radius 1 is 1.25 bits per heavy atom. The molecule has 2 N–H and O–H groups in total. The number of nitrogens with zero attached hydrogens (tertiary/aromatic N) is 2. The molecule has 0 aliphatic heterocycles. The maximum absolute atomic E-state index is 5.81. The van der Waals surface area contributed by atoms with Gasteiger partial charge >= 0.3 is 0 Å². The maximum Gasteiger partial charge on any atom is 0.247 e. The lowest BCUT2D eigenvalue weighted by molar-refractivity contribution is 0.464. The summed E-state index contributed by atoms with van der Waals surface area (Å²) in [5.41, 5.74) is 5.94. The predicted octanol–water partition coefficient (Wildman–Crippen LogP) is 3.16. The highest BCUT2D eigenvalue weighted by Gasteiger charge is 2.06. The van der Waals surface area contributed by atoms with Gasteiger partial charge < -0.3 is 10.5 Å². The molecule has 0 aliphatic carbocycles. The fourth-order valence-corrected chi connectivity index (χ4v) is 1.38. The van der Waals surface area contributed by atoms with Crippen LogP contribution in [0.4, 0.5) is 5.69 Å². The summed E-state index contributed by atoms with van der Waals surface area (Å²) in [4.78, 5) is 7.58. The van der Waals surface area contributed by atoms with Crippen molar-refractivity contribution in [1.29, 1.82) is 0 Å². The number of nitrogens with two attached hydrogens (primary N) is 1. The van der Waals surface area contributed by atoms with E-state index in [-0.39, 0.29) is 11.2 Å². The molecule has 0 aliphatic rings. The number of rotatable bonds is 2. The van der Waals surface area contributed by atoms with Crippen molar-refractivity contribution in [2.45, 2.75) is 0 Å². The number of benzene rings is 1. The molecule has 0 unspecified atom stereocenters. The molecule has 0 saturated heterocycles. The Hall–Kier alpha value is -1.52. The first-order valence-corrected chi connectivity index (χ1v) is 5.12. The zero-order valence-corrected chi connectivity index (χ0v) is 9.53. The molecule has 2 aromatic rings. The Bertz CT molecular complexity index is 519. The van der Waals surface area contributed by atoms with Gasteiger partial charge in [0.1, 0.15) is 11.4 Å². The van der Waals surface area contributed by atoms with Crippen molar-refractivity contribution in [3.05, 3.63) is 40.8 Å². The molecule has 2 rings (SSSR count). The molecular formula is C10H7Cl2N3O. The number of halogens is 2. The van der Waals surface area contributed by atoms with Crippen LogP contribution in [0.25, 0.3) is 0 Å². The number of hydrogen-bond acceptors (Lipinski definition) is 4. The smallest absolute Gasteiger partial charge is 0.247 e. The van der Waals surface area contributed by atoms with Gasteiger partial charge in [-0.15, -0.1) is 0 Å². The Morgan fingerprint density at radius 3 is 2.81 bits per heavy atom. The second kappa shape index (κ2) is 4.55. The van der Waals surface area contributed by atoms with Gasteiger partial charge in [0.25, 0.3) is 0 Å². The summed E-state index contributed by atoms with van der Waals surface area (Å²) in [5, 5.41) is 0.641. The first-order valence-electron chi connectivity index (χ1n) is 4.36. The van der Waals surface area contributed by atoms with Crippen molar-refractivity contribution < 1.29 is 4.74 Å². The summed E-state index contributed by atoms with van der Waals surface area (Å²) in [6.07, 6.45) is 1.38. The van der Waals surface area contributed by atoms with Gasteiger partial charge in [0, 0.05) is 5.02 Å². The minimum Gasteiger partial charge on any atom is -0.437 e. The number of hydrogen-bond donors (Lipinski definition) is 1. The van der Waals surface area contributed by atoms with E-state index in [1.54, 1.807) is 24.3 Å². The van der Waals surface area contributed by atoms with Crippen LogP contribution in [0, 0.1) is 0 Å². The van der Waals surface area contributed by atoms with E-state index in [1.807, 2.05) is 0 Å². The monoisotopic (exact) mass is 255 g/mol. The van der Waals surface area contributed by atoms with Crippen molar-refractivity contribution >= 4 is 28.9 Å². The lowest BCUT2D eigenvalue weighted by Gasteiger charge is -2.06. The molecule has 0 radical (unpaired) electrons. The van der Waals surface area contributed by atoms with E-state index in [0.29, 0.717) is 16.5 Å². The number of anilines is 1. The Balaban J connectivity index is 2.30. The van der Waals surface area contributed by atoms with Gasteiger partial charge in [-0.05, 0) is 29.8 Å². The van der Waals surface area contributed by atoms with E-state index in [2.05, 4.69) is 9.97 Å². The van der Waals surface area contributed by atoms with E-state index in [4.69, 9.17) is 33.7 Å². The molecular weight excluding hydrogens is 249 g/mol. The molecule has 6 heteroatoms. The van der Waals surface area contributed by atoms with Gasteiger partial charge in [0.05, 0.1) is 6.20 Å². The highest BCUT2D eigenvalue weighted by molar-refractivity contribution is 6.30. The molecule has 1 heterocycles. The highest BCUT2D eigenvalue weighted by Crippen LogP contribution is 2.27. The fraction of sp³-hybridized carbons (Fsp3) is 0. The third kappa shape index (κ3) is 2.53. The molecule has 1 aromatic heterocycles. The third-order valence-corrected chi connectivity index (χ3v) is 2.18. The van der Waals surface area contributed by atoms with Crippen LogP contribution in [0.2, 0.25) is 10.3 Å². The summed E-state index contributed by atoms with van der Waals surface area (Å²) in [7, 11) is 0. The zero-order chi connectivity index (χ0) is 11.5. The number of aromatic nitrogens is 2. The van der Waals surface area contributed by atoms with Gasteiger partial charge in [-0.2, -0.15) is 4.98 Å². The average Bonchev–Trinajstić information content (AvgIpc) is 2.24. The van der Waals surface area contributed by atoms with Crippen LogP contribution in [0.5, 0.6) is 11.6 Å². The minimum absolute atomic E-state index is 0.0752. The fourth-order valence-electron chi connectivity index (χ4n) is 1.08. The Labute approximate surface area is 102 Å². The summed E-state index contributed by atoms with van der Waals surface area (Å²) in [6.45, 7) is 0. The van der Waals surface area contributed by atoms with Crippen molar-refractivity contribution in [3.63, 3.8) is 0 Å². The molecule has 0 amide bonds. The molecule has 82 valence electrons. The third-order valence-electron chi connectivity index (χ3n) is 1.76. The van der Waals surface area contributed by atoms with Crippen LogP contribution in [0.15, 0.2) is 30.5 Å². The molecule has 16 heavy (non-hydrogen) atoms. The predicted molar refractivity (Wildman–Crippen MR) is 63.0 cm³/mol.